The highest BCUT2D eigenvalue weighted by Crippen LogP contribution is 2.37. The van der Waals surface area contributed by atoms with Crippen molar-refractivity contribution in [3.8, 4) is 11.3 Å². The molecule has 0 amide bonds. The molecule has 0 atom stereocenters. The van der Waals surface area contributed by atoms with E-state index in [2.05, 4.69) is 44.5 Å². The van der Waals surface area contributed by atoms with Crippen molar-refractivity contribution in [2.75, 3.05) is 5.32 Å². The van der Waals surface area contributed by atoms with Gasteiger partial charge in [0.25, 0.3) is 0 Å². The Bertz CT molecular complexity index is 1170. The van der Waals surface area contributed by atoms with Gasteiger partial charge in [0.2, 0.25) is 5.95 Å². The molecule has 2 aromatic carbocycles. The monoisotopic (exact) mass is 426 g/mol. The summed E-state index contributed by atoms with van der Waals surface area (Å²) in [5.74, 6) is 0.878. The molecule has 2 heterocycles. The van der Waals surface area contributed by atoms with E-state index in [1.807, 2.05) is 42.6 Å². The topological polar surface area (TPSA) is 90.9 Å². The van der Waals surface area contributed by atoms with Crippen LogP contribution in [0.5, 0.6) is 0 Å². The van der Waals surface area contributed by atoms with Gasteiger partial charge in [0.1, 0.15) is 0 Å². The molecule has 0 spiro atoms. The van der Waals surface area contributed by atoms with E-state index in [4.69, 9.17) is 5.11 Å². The van der Waals surface area contributed by atoms with Crippen molar-refractivity contribution in [1.29, 1.82) is 0 Å². The summed E-state index contributed by atoms with van der Waals surface area (Å²) in [6, 6.07) is 20.6. The Balaban J connectivity index is 1.22. The van der Waals surface area contributed by atoms with E-state index in [-0.39, 0.29) is 0 Å². The number of nitrogens with one attached hydrogen (secondary N) is 2. The maximum absolute atomic E-state index is 10.9. The molecule has 32 heavy (non-hydrogen) atoms. The lowest BCUT2D eigenvalue weighted by Gasteiger charge is -2.28. The minimum atomic E-state index is -0.677. The first-order valence-corrected chi connectivity index (χ1v) is 11.1. The summed E-state index contributed by atoms with van der Waals surface area (Å²) in [5.41, 5.74) is 6.15. The van der Waals surface area contributed by atoms with E-state index in [0.717, 1.165) is 53.7 Å². The van der Waals surface area contributed by atoms with Gasteiger partial charge in [0.15, 0.2) is 0 Å². The average Bonchev–Trinajstić information content (AvgIpc) is 3.22. The van der Waals surface area contributed by atoms with Crippen molar-refractivity contribution < 1.29 is 9.90 Å². The van der Waals surface area contributed by atoms with E-state index in [9.17, 15) is 4.79 Å². The molecule has 0 aliphatic heterocycles. The zero-order chi connectivity index (χ0) is 21.9. The molecule has 162 valence electrons. The van der Waals surface area contributed by atoms with Crippen LogP contribution < -0.4 is 5.32 Å². The lowest BCUT2D eigenvalue weighted by Crippen LogP contribution is -2.16. The van der Waals surface area contributed by atoms with E-state index < -0.39 is 5.97 Å². The average molecular weight is 427 g/mol. The number of carboxylic acids is 1. The lowest BCUT2D eigenvalue weighted by atomic mass is 9.77. The van der Waals surface area contributed by atoms with Crippen LogP contribution in [0.4, 0.5) is 11.6 Å². The van der Waals surface area contributed by atoms with Crippen molar-refractivity contribution in [2.24, 2.45) is 5.92 Å². The third-order valence-corrected chi connectivity index (χ3v) is 6.40. The number of rotatable bonds is 6. The van der Waals surface area contributed by atoms with Crippen LogP contribution in [0.25, 0.3) is 22.3 Å². The number of aliphatic carboxylic acids is 1. The predicted octanol–water partition coefficient (Wildman–Crippen LogP) is 6.12. The van der Waals surface area contributed by atoms with Gasteiger partial charge in [0.05, 0.1) is 28.6 Å². The number of aromatic amines is 1. The summed E-state index contributed by atoms with van der Waals surface area (Å²) in [4.78, 5) is 23.3. The van der Waals surface area contributed by atoms with Crippen molar-refractivity contribution in [2.45, 2.75) is 38.0 Å². The molecular weight excluding hydrogens is 400 g/mol. The Morgan fingerprint density at radius 2 is 1.78 bits per heavy atom. The highest BCUT2D eigenvalue weighted by atomic mass is 16.4. The number of pyridine rings is 1. The van der Waals surface area contributed by atoms with Gasteiger partial charge in [-0.2, -0.15) is 0 Å². The van der Waals surface area contributed by atoms with Crippen LogP contribution in [0.2, 0.25) is 0 Å². The van der Waals surface area contributed by atoms with E-state index in [0.29, 0.717) is 24.2 Å². The molecule has 0 saturated heterocycles. The smallest absolute Gasteiger partial charge is 0.303 e. The first-order valence-electron chi connectivity index (χ1n) is 11.1. The number of para-hydroxylation sites is 2. The summed E-state index contributed by atoms with van der Waals surface area (Å²) in [6.45, 7) is 0. The van der Waals surface area contributed by atoms with Crippen molar-refractivity contribution >= 4 is 28.6 Å². The molecule has 6 heteroatoms. The Hall–Kier alpha value is -3.67. The number of hydrogen-bond donors (Lipinski definition) is 3. The lowest BCUT2D eigenvalue weighted by molar-refractivity contribution is -0.138. The zero-order valence-corrected chi connectivity index (χ0v) is 17.8. The molecule has 0 radical (unpaired) electrons. The van der Waals surface area contributed by atoms with Gasteiger partial charge >= 0.3 is 5.97 Å². The fourth-order valence-corrected chi connectivity index (χ4v) is 4.66. The Morgan fingerprint density at radius 1 is 1.00 bits per heavy atom. The van der Waals surface area contributed by atoms with E-state index in [1.54, 1.807) is 0 Å². The number of hydrogen-bond acceptors (Lipinski definition) is 4. The minimum Gasteiger partial charge on any atom is -0.481 e. The zero-order valence-electron chi connectivity index (χ0n) is 17.8. The third-order valence-electron chi connectivity index (χ3n) is 6.40. The van der Waals surface area contributed by atoms with Gasteiger partial charge in [-0.15, -0.1) is 0 Å². The molecule has 0 bridgehead atoms. The van der Waals surface area contributed by atoms with E-state index >= 15 is 0 Å². The number of aromatic nitrogens is 3. The highest BCUT2D eigenvalue weighted by Gasteiger charge is 2.23. The van der Waals surface area contributed by atoms with Gasteiger partial charge < -0.3 is 15.4 Å². The fourth-order valence-electron chi connectivity index (χ4n) is 4.66. The number of imidazole rings is 1. The normalized spacial score (nSPS) is 18.5. The highest BCUT2D eigenvalue weighted by molar-refractivity contribution is 5.78. The molecule has 1 aliphatic rings. The van der Waals surface area contributed by atoms with Crippen molar-refractivity contribution in [1.82, 2.24) is 15.0 Å². The van der Waals surface area contributed by atoms with Gasteiger partial charge in [-0.25, -0.2) is 4.98 Å². The third kappa shape index (κ3) is 4.49. The Morgan fingerprint density at radius 3 is 2.47 bits per heavy atom. The second-order valence-corrected chi connectivity index (χ2v) is 8.60. The molecule has 4 aromatic rings. The van der Waals surface area contributed by atoms with Crippen LogP contribution in [-0.4, -0.2) is 26.0 Å². The maximum atomic E-state index is 10.9. The van der Waals surface area contributed by atoms with Gasteiger partial charge in [-0.1, -0.05) is 36.4 Å². The summed E-state index contributed by atoms with van der Waals surface area (Å²) >= 11 is 0. The predicted molar refractivity (Wildman–Crippen MR) is 126 cm³/mol. The Labute approximate surface area is 186 Å². The molecule has 5 rings (SSSR count). The number of anilines is 2. The summed E-state index contributed by atoms with van der Waals surface area (Å²) in [5, 5.41) is 12.3. The van der Waals surface area contributed by atoms with Gasteiger partial charge in [-0.05, 0) is 67.3 Å². The molecule has 1 aliphatic carbocycles. The number of H-pyrrole nitrogens is 1. The number of fused-ring (bicyclic) bond motifs is 1. The van der Waals surface area contributed by atoms with Gasteiger partial charge in [-0.3, -0.25) is 9.78 Å². The van der Waals surface area contributed by atoms with E-state index in [1.165, 1.54) is 5.56 Å². The van der Waals surface area contributed by atoms with Gasteiger partial charge in [0, 0.05) is 12.0 Å². The quantitative estimate of drug-likeness (QED) is 0.346. The number of benzene rings is 2. The largest absolute Gasteiger partial charge is 0.481 e. The summed E-state index contributed by atoms with van der Waals surface area (Å²) in [7, 11) is 0. The number of nitrogens with zero attached hydrogens (tertiary/aromatic N) is 2. The Kier molecular flexibility index (Phi) is 5.58. The minimum absolute atomic E-state index is 0.304. The molecule has 1 saturated carbocycles. The molecule has 6 nitrogen and oxygen atoms in total. The van der Waals surface area contributed by atoms with Crippen LogP contribution >= 0.6 is 0 Å². The standard InChI is InChI=1S/C26H26N4O2/c31-25(32)15-17-5-7-18(8-6-17)19-9-11-20(12-10-19)22-14-13-21(16-27-22)28-26-29-23-3-1-2-4-24(23)30-26/h1-4,9-14,16-18H,5-8,15H2,(H,31,32)(H2,28,29,30). The second kappa shape index (κ2) is 8.83. The first kappa shape index (κ1) is 20.2. The molecule has 3 N–H and O–H groups in total. The summed E-state index contributed by atoms with van der Waals surface area (Å²) in [6.07, 6.45) is 6.26. The second-order valence-electron chi connectivity index (χ2n) is 8.60. The van der Waals surface area contributed by atoms with Crippen LogP contribution in [0.3, 0.4) is 0 Å². The fraction of sp³-hybridized carbons (Fsp3) is 0.269. The maximum Gasteiger partial charge on any atom is 0.303 e. The van der Waals surface area contributed by atoms with Crippen LogP contribution in [0.15, 0.2) is 66.9 Å². The van der Waals surface area contributed by atoms with Crippen molar-refractivity contribution in [3.63, 3.8) is 0 Å². The van der Waals surface area contributed by atoms with Crippen LogP contribution in [0, 0.1) is 5.92 Å². The first-order chi connectivity index (χ1) is 15.6. The molecule has 1 fully saturated rings. The number of carboxylic acid groups (broad SMARTS) is 1. The SMILES string of the molecule is O=C(O)CC1CCC(c2ccc(-c3ccc(Nc4nc5ccccc5[nH]4)cn3)cc2)CC1. The van der Waals surface area contributed by atoms with Crippen LogP contribution in [0.1, 0.15) is 43.6 Å². The van der Waals surface area contributed by atoms with Crippen molar-refractivity contribution in [3.05, 3.63) is 72.4 Å². The number of carbonyl (C=O) groups is 1. The molecule has 2 aromatic heterocycles. The molecular formula is C26H26N4O2. The molecule has 0 unspecified atom stereocenters. The van der Waals surface area contributed by atoms with Crippen LogP contribution in [-0.2, 0) is 4.79 Å². The summed E-state index contributed by atoms with van der Waals surface area (Å²) < 4.78 is 0.